The van der Waals surface area contributed by atoms with Gasteiger partial charge in [0.15, 0.2) is 19.4 Å². The van der Waals surface area contributed by atoms with Gasteiger partial charge in [-0.05, 0) is 37.5 Å². The molecule has 0 spiro atoms. The first-order chi connectivity index (χ1) is 12.1. The lowest BCUT2D eigenvalue weighted by Gasteiger charge is -2.38. The van der Waals surface area contributed by atoms with Crippen molar-refractivity contribution in [1.29, 1.82) is 0 Å². The Morgan fingerprint density at radius 2 is 1.65 bits per heavy atom. The number of unbranched alkanes of at least 4 members (excludes halogenated alkanes) is 4. The summed E-state index contributed by atoms with van der Waals surface area (Å²) in [5, 5.41) is 8.89. The van der Waals surface area contributed by atoms with Gasteiger partial charge in [-0.2, -0.15) is 0 Å². The molecule has 0 amide bonds. The second-order valence-corrected chi connectivity index (χ2v) is 9.02. The lowest BCUT2D eigenvalue weighted by atomic mass is 9.78. The normalized spacial score (nSPS) is 19.9. The summed E-state index contributed by atoms with van der Waals surface area (Å²) in [6, 6.07) is 0. The van der Waals surface area contributed by atoms with E-state index in [1.165, 1.54) is 38.5 Å². The van der Waals surface area contributed by atoms with E-state index >= 15 is 0 Å². The van der Waals surface area contributed by atoms with Crippen molar-refractivity contribution in [3.05, 3.63) is 0 Å². The largest absolute Gasteiger partial charge is 0.481 e. The van der Waals surface area contributed by atoms with Gasteiger partial charge < -0.3 is 19.3 Å². The van der Waals surface area contributed by atoms with Crippen LogP contribution in [0.3, 0.4) is 0 Å². The predicted molar refractivity (Wildman–Crippen MR) is 103 cm³/mol. The molecule has 0 saturated carbocycles. The highest BCUT2D eigenvalue weighted by Crippen LogP contribution is 2.33. The van der Waals surface area contributed by atoms with E-state index in [1.807, 2.05) is 13.8 Å². The number of rotatable bonds is 13. The zero-order valence-corrected chi connectivity index (χ0v) is 17.5. The van der Waals surface area contributed by atoms with Gasteiger partial charge in [0.2, 0.25) is 0 Å². The van der Waals surface area contributed by atoms with E-state index in [-0.39, 0.29) is 17.8 Å². The van der Waals surface area contributed by atoms with Crippen LogP contribution >= 0.6 is 0 Å². The van der Waals surface area contributed by atoms with Gasteiger partial charge in [-0.25, -0.2) is 0 Å². The average Bonchev–Trinajstić information content (AvgIpc) is 2.52. The van der Waals surface area contributed by atoms with Crippen LogP contribution in [0.15, 0.2) is 0 Å². The van der Waals surface area contributed by atoms with Crippen LogP contribution in [0.4, 0.5) is 0 Å². The second-order valence-electron chi connectivity index (χ2n) is 9.02. The first-order valence-electron chi connectivity index (χ1n) is 10.2. The van der Waals surface area contributed by atoms with Crippen LogP contribution in [-0.2, 0) is 19.0 Å². The van der Waals surface area contributed by atoms with E-state index in [2.05, 4.69) is 20.8 Å². The van der Waals surface area contributed by atoms with Crippen LogP contribution in [0.25, 0.3) is 0 Å². The Kier molecular flexibility index (Phi) is 10.1. The Labute approximate surface area is 159 Å². The lowest BCUT2D eigenvalue weighted by Crippen LogP contribution is -2.44. The smallest absolute Gasteiger partial charge is 0.303 e. The summed E-state index contributed by atoms with van der Waals surface area (Å²) >= 11 is 0. The summed E-state index contributed by atoms with van der Waals surface area (Å²) in [6.07, 6.45) is 9.72. The number of aliphatic carboxylic acids is 1. The molecule has 0 bridgehead atoms. The number of carbonyl (C=O) groups is 1. The van der Waals surface area contributed by atoms with Crippen LogP contribution in [0.5, 0.6) is 0 Å². The molecule has 0 aliphatic carbocycles. The quantitative estimate of drug-likeness (QED) is 0.428. The fourth-order valence-corrected chi connectivity index (χ4v) is 3.94. The van der Waals surface area contributed by atoms with Gasteiger partial charge in [-0.15, -0.1) is 0 Å². The summed E-state index contributed by atoms with van der Waals surface area (Å²) in [7, 11) is 0. The summed E-state index contributed by atoms with van der Waals surface area (Å²) < 4.78 is 16.4. The maximum atomic E-state index is 10.8. The Bertz CT molecular complexity index is 401. The van der Waals surface area contributed by atoms with Crippen LogP contribution in [0, 0.1) is 17.3 Å². The second kappa shape index (κ2) is 11.3. The zero-order chi connectivity index (χ0) is 19.6. The maximum Gasteiger partial charge on any atom is 0.303 e. The highest BCUT2D eigenvalue weighted by molar-refractivity contribution is 5.66. The molecule has 2 atom stereocenters. The monoisotopic (exact) mass is 372 g/mol. The van der Waals surface area contributed by atoms with E-state index in [9.17, 15) is 4.79 Å². The first-order valence-corrected chi connectivity index (χ1v) is 10.2. The minimum Gasteiger partial charge on any atom is -0.481 e. The van der Waals surface area contributed by atoms with E-state index in [1.54, 1.807) is 0 Å². The molecule has 154 valence electrons. The summed E-state index contributed by atoms with van der Waals surface area (Å²) in [6.45, 7) is 11.4. The SMILES string of the molecule is CC(CC(=O)O)CC(C)(C)CCCCCCCC(C)C1(C)OCOCO1. The molecule has 0 aromatic rings. The standard InChI is InChI=1S/C21H40O5/c1-17(13-19(22)23)14-20(3,4)12-10-8-6-7-9-11-18(2)21(5)25-15-24-16-26-21/h17-18H,6-16H2,1-5H3,(H,22,23). The van der Waals surface area contributed by atoms with Crippen molar-refractivity contribution in [2.75, 3.05) is 13.6 Å². The number of carboxylic acid groups (broad SMARTS) is 1. The van der Waals surface area contributed by atoms with E-state index in [0.717, 1.165) is 12.8 Å². The number of hydrogen-bond donors (Lipinski definition) is 1. The fraction of sp³-hybridized carbons (Fsp3) is 0.952. The van der Waals surface area contributed by atoms with E-state index < -0.39 is 11.8 Å². The van der Waals surface area contributed by atoms with Crippen molar-refractivity contribution in [1.82, 2.24) is 0 Å². The van der Waals surface area contributed by atoms with Crippen LogP contribution < -0.4 is 0 Å². The summed E-state index contributed by atoms with van der Waals surface area (Å²) in [5.74, 6) is -0.580. The van der Waals surface area contributed by atoms with Crippen molar-refractivity contribution in [2.24, 2.45) is 17.3 Å². The molecule has 1 aliphatic heterocycles. The van der Waals surface area contributed by atoms with Gasteiger partial charge in [-0.1, -0.05) is 59.8 Å². The fourth-order valence-electron chi connectivity index (χ4n) is 3.94. The molecule has 1 aliphatic rings. The molecule has 2 unspecified atom stereocenters. The van der Waals surface area contributed by atoms with Gasteiger partial charge >= 0.3 is 5.97 Å². The van der Waals surface area contributed by atoms with Crippen molar-refractivity contribution in [3.8, 4) is 0 Å². The van der Waals surface area contributed by atoms with Crippen LogP contribution in [-0.4, -0.2) is 30.4 Å². The molecule has 1 heterocycles. The molecule has 0 radical (unpaired) electrons. The third-order valence-corrected chi connectivity index (χ3v) is 5.67. The minimum absolute atomic E-state index is 0.232. The minimum atomic E-state index is -0.687. The van der Waals surface area contributed by atoms with Crippen molar-refractivity contribution in [2.45, 2.75) is 98.2 Å². The molecular formula is C21H40O5. The van der Waals surface area contributed by atoms with Gasteiger partial charge in [0, 0.05) is 12.3 Å². The first kappa shape index (κ1) is 23.4. The Balaban J connectivity index is 2.08. The van der Waals surface area contributed by atoms with Crippen LogP contribution in [0.1, 0.15) is 92.4 Å². The van der Waals surface area contributed by atoms with E-state index in [0.29, 0.717) is 19.5 Å². The zero-order valence-electron chi connectivity index (χ0n) is 17.5. The molecular weight excluding hydrogens is 332 g/mol. The molecule has 1 saturated heterocycles. The molecule has 0 aromatic heterocycles. The predicted octanol–water partition coefficient (Wildman–Crippen LogP) is 5.57. The highest BCUT2D eigenvalue weighted by Gasteiger charge is 2.35. The van der Waals surface area contributed by atoms with E-state index in [4.69, 9.17) is 19.3 Å². The number of carboxylic acids is 1. The third-order valence-electron chi connectivity index (χ3n) is 5.67. The molecule has 0 aromatic carbocycles. The number of hydrogen-bond acceptors (Lipinski definition) is 4. The molecule has 26 heavy (non-hydrogen) atoms. The Hall–Kier alpha value is -0.650. The van der Waals surface area contributed by atoms with Gasteiger partial charge in [0.1, 0.15) is 0 Å². The van der Waals surface area contributed by atoms with Crippen molar-refractivity contribution in [3.63, 3.8) is 0 Å². The van der Waals surface area contributed by atoms with Gasteiger partial charge in [0.25, 0.3) is 0 Å². The lowest BCUT2D eigenvalue weighted by molar-refractivity contribution is -0.369. The summed E-state index contributed by atoms with van der Waals surface area (Å²) in [4.78, 5) is 10.8. The molecule has 1 rings (SSSR count). The Morgan fingerprint density at radius 3 is 2.27 bits per heavy atom. The summed E-state index contributed by atoms with van der Waals surface area (Å²) in [5.41, 5.74) is 0.232. The van der Waals surface area contributed by atoms with Gasteiger partial charge in [0.05, 0.1) is 0 Å². The average molecular weight is 373 g/mol. The molecule has 1 N–H and O–H groups in total. The van der Waals surface area contributed by atoms with Gasteiger partial charge in [-0.3, -0.25) is 4.79 Å². The number of ether oxygens (including phenoxy) is 3. The topological polar surface area (TPSA) is 65.0 Å². The third kappa shape index (κ3) is 9.33. The molecule has 5 heteroatoms. The molecule has 1 fully saturated rings. The van der Waals surface area contributed by atoms with Crippen molar-refractivity contribution >= 4 is 5.97 Å². The maximum absolute atomic E-state index is 10.8. The van der Waals surface area contributed by atoms with Crippen molar-refractivity contribution < 1.29 is 24.1 Å². The highest BCUT2D eigenvalue weighted by atomic mass is 16.9. The van der Waals surface area contributed by atoms with Crippen LogP contribution in [0.2, 0.25) is 0 Å². The molecule has 5 nitrogen and oxygen atoms in total. The Morgan fingerprint density at radius 1 is 1.08 bits per heavy atom.